The molecule has 0 aromatic heterocycles. The van der Waals surface area contributed by atoms with Crippen LogP contribution in [0, 0.1) is 0 Å². The Morgan fingerprint density at radius 1 is 0.429 bits per heavy atom. The van der Waals surface area contributed by atoms with Gasteiger partial charge in [0.1, 0.15) is 23.0 Å². The average Bonchev–Trinajstić information content (AvgIpc) is 2.90. The highest BCUT2D eigenvalue weighted by atomic mass is 16.5. The van der Waals surface area contributed by atoms with E-state index in [1.807, 2.05) is 84.9 Å². The molecule has 4 aromatic carbocycles. The Bertz CT molecular complexity index is 1120. The summed E-state index contributed by atoms with van der Waals surface area (Å²) < 4.78 is 11.5. The molecule has 0 aliphatic rings. The van der Waals surface area contributed by atoms with Crippen molar-refractivity contribution in [3.63, 3.8) is 0 Å². The first-order valence-corrected chi connectivity index (χ1v) is 11.9. The van der Waals surface area contributed by atoms with E-state index in [0.717, 1.165) is 30.8 Å². The van der Waals surface area contributed by atoms with Gasteiger partial charge in [0.15, 0.2) is 11.6 Å². The van der Waals surface area contributed by atoms with Gasteiger partial charge in [-0.2, -0.15) is 0 Å². The zero-order chi connectivity index (χ0) is 24.3. The molecule has 4 rings (SSSR count). The van der Waals surface area contributed by atoms with Crippen LogP contribution in [0.5, 0.6) is 23.0 Å². The van der Waals surface area contributed by atoms with Gasteiger partial charge in [0.25, 0.3) is 0 Å². The van der Waals surface area contributed by atoms with E-state index in [-0.39, 0.29) is 11.6 Å². The van der Waals surface area contributed by atoms with Crippen molar-refractivity contribution in [2.45, 2.75) is 32.1 Å². The van der Waals surface area contributed by atoms with Gasteiger partial charge in [-0.05, 0) is 85.6 Å². The predicted molar refractivity (Wildman–Crippen MR) is 138 cm³/mol. The Morgan fingerprint density at radius 2 is 0.771 bits per heavy atom. The summed E-state index contributed by atoms with van der Waals surface area (Å²) in [6.45, 7) is 0. The lowest BCUT2D eigenvalue weighted by Gasteiger charge is -2.07. The van der Waals surface area contributed by atoms with Crippen LogP contribution in [-0.2, 0) is 0 Å². The predicted octanol–water partition coefficient (Wildman–Crippen LogP) is 8.29. The first-order valence-electron chi connectivity index (χ1n) is 11.9. The van der Waals surface area contributed by atoms with Crippen LogP contribution in [0.1, 0.15) is 52.8 Å². The maximum atomic E-state index is 12.5. The Balaban J connectivity index is 1.15. The summed E-state index contributed by atoms with van der Waals surface area (Å²) in [6.07, 6.45) is 3.30. The molecule has 0 aliphatic carbocycles. The van der Waals surface area contributed by atoms with Gasteiger partial charge in [-0.1, -0.05) is 42.8 Å². The second kappa shape index (κ2) is 12.3. The quantitative estimate of drug-likeness (QED) is 0.156. The van der Waals surface area contributed by atoms with E-state index < -0.39 is 0 Å². The van der Waals surface area contributed by atoms with Gasteiger partial charge >= 0.3 is 0 Å². The average molecular weight is 465 g/mol. The lowest BCUT2D eigenvalue weighted by molar-refractivity contribution is 0.0978. The Hall–Kier alpha value is -4.18. The highest BCUT2D eigenvalue weighted by Crippen LogP contribution is 2.23. The number of carbonyl (C=O) groups is 2. The van der Waals surface area contributed by atoms with E-state index in [9.17, 15) is 9.59 Å². The molecule has 4 heteroatoms. The molecule has 0 fully saturated rings. The molecule has 4 nitrogen and oxygen atoms in total. The molecule has 0 aliphatic heterocycles. The van der Waals surface area contributed by atoms with E-state index in [1.165, 1.54) is 0 Å². The number of benzene rings is 4. The van der Waals surface area contributed by atoms with Gasteiger partial charge in [-0.3, -0.25) is 9.59 Å². The van der Waals surface area contributed by atoms with Crippen LogP contribution in [0.15, 0.2) is 109 Å². The third kappa shape index (κ3) is 7.41. The lowest BCUT2D eigenvalue weighted by Crippen LogP contribution is -2.01. The van der Waals surface area contributed by atoms with Gasteiger partial charge in [0.2, 0.25) is 0 Å². The molecule has 0 saturated heterocycles. The van der Waals surface area contributed by atoms with Crippen LogP contribution >= 0.6 is 0 Å². The second-order valence-electron chi connectivity index (χ2n) is 8.29. The highest BCUT2D eigenvalue weighted by molar-refractivity contribution is 5.96. The minimum atomic E-state index is 0.108. The number of ketones is 2. The Labute approximate surface area is 206 Å². The zero-order valence-electron chi connectivity index (χ0n) is 19.6. The van der Waals surface area contributed by atoms with Crippen molar-refractivity contribution in [3.05, 3.63) is 120 Å². The maximum Gasteiger partial charge on any atom is 0.162 e. The minimum absolute atomic E-state index is 0.108. The smallest absolute Gasteiger partial charge is 0.162 e. The normalized spacial score (nSPS) is 10.5. The van der Waals surface area contributed by atoms with E-state index >= 15 is 0 Å². The molecule has 0 N–H and O–H groups in total. The number of hydrogen-bond acceptors (Lipinski definition) is 4. The SMILES string of the molecule is O=C(CCCCCC(=O)c1ccc(Oc2ccccc2)cc1)c1ccc(Oc2ccccc2)cc1. The molecule has 4 aromatic rings. The van der Waals surface area contributed by atoms with Crippen molar-refractivity contribution in [2.75, 3.05) is 0 Å². The molecule has 0 saturated carbocycles. The molecule has 0 amide bonds. The van der Waals surface area contributed by atoms with Crippen molar-refractivity contribution in [1.82, 2.24) is 0 Å². The minimum Gasteiger partial charge on any atom is -0.457 e. The lowest BCUT2D eigenvalue weighted by atomic mass is 10.0. The summed E-state index contributed by atoms with van der Waals surface area (Å²) in [6, 6.07) is 33.5. The fraction of sp³-hybridized carbons (Fsp3) is 0.161. The van der Waals surface area contributed by atoms with Gasteiger partial charge in [0, 0.05) is 24.0 Å². The van der Waals surface area contributed by atoms with Crippen LogP contribution in [0.3, 0.4) is 0 Å². The van der Waals surface area contributed by atoms with Crippen molar-refractivity contribution < 1.29 is 19.1 Å². The summed E-state index contributed by atoms with van der Waals surface area (Å²) in [5, 5.41) is 0. The van der Waals surface area contributed by atoms with Crippen molar-refractivity contribution in [3.8, 4) is 23.0 Å². The van der Waals surface area contributed by atoms with Crippen LogP contribution < -0.4 is 9.47 Å². The van der Waals surface area contributed by atoms with E-state index in [4.69, 9.17) is 9.47 Å². The topological polar surface area (TPSA) is 52.6 Å². The van der Waals surface area contributed by atoms with Crippen LogP contribution in [0.25, 0.3) is 0 Å². The monoisotopic (exact) mass is 464 g/mol. The second-order valence-corrected chi connectivity index (χ2v) is 8.29. The summed E-state index contributed by atoms with van der Waals surface area (Å²) in [5.74, 6) is 3.14. The molecule has 0 atom stereocenters. The summed E-state index contributed by atoms with van der Waals surface area (Å²) >= 11 is 0. The van der Waals surface area contributed by atoms with Crippen molar-refractivity contribution in [1.29, 1.82) is 0 Å². The Morgan fingerprint density at radius 3 is 1.14 bits per heavy atom. The molecular formula is C31H28O4. The standard InChI is InChI=1S/C31H28O4/c32-30(24-16-20-28(21-17-24)34-26-10-4-1-5-11-26)14-8-3-9-15-31(33)25-18-22-29(23-19-25)35-27-12-6-2-7-13-27/h1-2,4-7,10-13,16-23H,3,8-9,14-15H2. The Kier molecular flexibility index (Phi) is 8.44. The zero-order valence-corrected chi connectivity index (χ0v) is 19.6. The third-order valence-electron chi connectivity index (χ3n) is 5.62. The number of ether oxygens (including phenoxy) is 2. The van der Waals surface area contributed by atoms with Gasteiger partial charge in [-0.25, -0.2) is 0 Å². The van der Waals surface area contributed by atoms with Crippen LogP contribution in [0.4, 0.5) is 0 Å². The molecule has 0 spiro atoms. The molecular weight excluding hydrogens is 436 g/mol. The van der Waals surface area contributed by atoms with E-state index in [0.29, 0.717) is 35.5 Å². The summed E-state index contributed by atoms with van der Waals surface area (Å²) in [4.78, 5) is 25.0. The summed E-state index contributed by atoms with van der Waals surface area (Å²) in [7, 11) is 0. The number of Topliss-reactive ketones (excluding diaryl/α,β-unsaturated/α-hetero) is 2. The highest BCUT2D eigenvalue weighted by Gasteiger charge is 2.09. The first-order chi connectivity index (χ1) is 17.2. The summed E-state index contributed by atoms with van der Waals surface area (Å²) in [5.41, 5.74) is 1.36. The molecule has 0 unspecified atom stereocenters. The van der Waals surface area contributed by atoms with Gasteiger partial charge in [-0.15, -0.1) is 0 Å². The number of unbranched alkanes of at least 4 members (excludes halogenated alkanes) is 2. The molecule has 0 bridgehead atoms. The largest absolute Gasteiger partial charge is 0.457 e. The van der Waals surface area contributed by atoms with Crippen molar-refractivity contribution >= 4 is 11.6 Å². The fourth-order valence-electron chi connectivity index (χ4n) is 3.70. The number of carbonyl (C=O) groups excluding carboxylic acids is 2. The third-order valence-corrected chi connectivity index (χ3v) is 5.62. The van der Waals surface area contributed by atoms with Crippen molar-refractivity contribution in [2.24, 2.45) is 0 Å². The van der Waals surface area contributed by atoms with Gasteiger partial charge < -0.3 is 9.47 Å². The van der Waals surface area contributed by atoms with Gasteiger partial charge in [0.05, 0.1) is 0 Å². The van der Waals surface area contributed by atoms with Crippen LogP contribution in [0.2, 0.25) is 0 Å². The number of rotatable bonds is 12. The molecule has 0 radical (unpaired) electrons. The van der Waals surface area contributed by atoms with E-state index in [1.54, 1.807) is 24.3 Å². The molecule has 176 valence electrons. The maximum absolute atomic E-state index is 12.5. The molecule has 0 heterocycles. The fourth-order valence-corrected chi connectivity index (χ4v) is 3.70. The van der Waals surface area contributed by atoms with E-state index in [2.05, 4.69) is 0 Å². The first kappa shape index (κ1) is 24.0. The number of hydrogen-bond donors (Lipinski definition) is 0. The number of para-hydroxylation sites is 2. The molecule has 35 heavy (non-hydrogen) atoms. The van der Waals surface area contributed by atoms with Crippen LogP contribution in [-0.4, -0.2) is 11.6 Å².